The van der Waals surface area contributed by atoms with E-state index in [-0.39, 0.29) is 23.9 Å². The van der Waals surface area contributed by atoms with Crippen LogP contribution < -0.4 is 0 Å². The molecule has 0 bridgehead atoms. The Hall–Kier alpha value is -1.55. The fourth-order valence-electron chi connectivity index (χ4n) is 3.32. The van der Waals surface area contributed by atoms with Crippen molar-refractivity contribution in [3.63, 3.8) is 0 Å². The third-order valence-corrected chi connectivity index (χ3v) is 4.69. The molecule has 112 valence electrons. The minimum absolute atomic E-state index is 0.00432. The lowest BCUT2D eigenvalue weighted by molar-refractivity contribution is -0.152. The molecule has 2 atom stereocenters. The Morgan fingerprint density at radius 2 is 2.24 bits per heavy atom. The van der Waals surface area contributed by atoms with E-state index in [1.807, 2.05) is 24.0 Å². The minimum Gasteiger partial charge on any atom is -0.336 e. The molecule has 2 saturated heterocycles. The molecule has 5 heteroatoms. The molecule has 0 unspecified atom stereocenters. The van der Waals surface area contributed by atoms with Crippen molar-refractivity contribution in [3.05, 3.63) is 34.9 Å². The number of benzene rings is 1. The molecule has 0 aromatic heterocycles. The van der Waals surface area contributed by atoms with Gasteiger partial charge in [-0.15, -0.1) is 0 Å². The number of hydrogen-bond donors (Lipinski definition) is 0. The van der Waals surface area contributed by atoms with Crippen molar-refractivity contribution in [1.82, 2.24) is 9.80 Å². The average molecular weight is 307 g/mol. The summed E-state index contributed by atoms with van der Waals surface area (Å²) in [6.45, 7) is 3.32. The molecular formula is C16H19ClN2O2. The first-order valence-electron chi connectivity index (χ1n) is 7.40. The van der Waals surface area contributed by atoms with Gasteiger partial charge in [0.1, 0.15) is 6.04 Å². The Balaban J connectivity index is 1.73. The van der Waals surface area contributed by atoms with Crippen LogP contribution in [0.5, 0.6) is 0 Å². The molecule has 2 heterocycles. The Labute approximate surface area is 129 Å². The van der Waals surface area contributed by atoms with Gasteiger partial charge in [0.15, 0.2) is 0 Å². The predicted molar refractivity (Wildman–Crippen MR) is 81.1 cm³/mol. The van der Waals surface area contributed by atoms with Crippen LogP contribution in [-0.2, 0) is 16.0 Å². The summed E-state index contributed by atoms with van der Waals surface area (Å²) in [5.41, 5.74) is 0.890. The maximum absolute atomic E-state index is 12.5. The van der Waals surface area contributed by atoms with E-state index in [0.29, 0.717) is 18.0 Å². The van der Waals surface area contributed by atoms with Crippen LogP contribution in [0.25, 0.3) is 0 Å². The second-order valence-electron chi connectivity index (χ2n) is 5.86. The van der Waals surface area contributed by atoms with Crippen molar-refractivity contribution < 1.29 is 9.59 Å². The molecule has 2 aliphatic heterocycles. The van der Waals surface area contributed by atoms with Crippen LogP contribution in [0.2, 0.25) is 5.02 Å². The predicted octanol–water partition coefficient (Wildman–Crippen LogP) is 2.10. The van der Waals surface area contributed by atoms with Crippen LogP contribution >= 0.6 is 11.6 Å². The van der Waals surface area contributed by atoms with E-state index in [2.05, 4.69) is 0 Å². The maximum Gasteiger partial charge on any atom is 0.245 e. The number of halogens is 1. The minimum atomic E-state index is -0.356. The number of hydrogen-bond acceptors (Lipinski definition) is 2. The Morgan fingerprint density at radius 3 is 3.00 bits per heavy atom. The summed E-state index contributed by atoms with van der Waals surface area (Å²) < 4.78 is 0. The Morgan fingerprint density at radius 1 is 1.43 bits per heavy atom. The Bertz CT molecular complexity index is 575. The van der Waals surface area contributed by atoms with Gasteiger partial charge in [0.2, 0.25) is 11.8 Å². The highest BCUT2D eigenvalue weighted by molar-refractivity contribution is 6.30. The molecule has 21 heavy (non-hydrogen) atoms. The number of carbonyl (C=O) groups is 2. The lowest BCUT2D eigenvalue weighted by Crippen LogP contribution is -2.60. The van der Waals surface area contributed by atoms with Crippen molar-refractivity contribution in [2.24, 2.45) is 0 Å². The summed E-state index contributed by atoms with van der Waals surface area (Å²) in [4.78, 5) is 28.5. The smallest absolute Gasteiger partial charge is 0.245 e. The number of amides is 2. The van der Waals surface area contributed by atoms with Crippen molar-refractivity contribution in [2.75, 3.05) is 13.1 Å². The van der Waals surface area contributed by atoms with Gasteiger partial charge in [-0.05, 0) is 37.5 Å². The molecule has 2 amide bonds. The van der Waals surface area contributed by atoms with Crippen molar-refractivity contribution in [1.29, 1.82) is 0 Å². The van der Waals surface area contributed by atoms with Crippen molar-refractivity contribution in [2.45, 2.75) is 38.3 Å². The highest BCUT2D eigenvalue weighted by Gasteiger charge is 2.41. The van der Waals surface area contributed by atoms with E-state index >= 15 is 0 Å². The zero-order chi connectivity index (χ0) is 15.0. The first kappa shape index (κ1) is 14.4. The van der Waals surface area contributed by atoms with Gasteiger partial charge in [-0.25, -0.2) is 0 Å². The first-order chi connectivity index (χ1) is 10.1. The monoisotopic (exact) mass is 306 g/mol. The first-order valence-corrected chi connectivity index (χ1v) is 7.78. The number of piperazine rings is 1. The second kappa shape index (κ2) is 5.68. The summed E-state index contributed by atoms with van der Waals surface area (Å²) in [6, 6.07) is 7.18. The van der Waals surface area contributed by atoms with Gasteiger partial charge in [0.05, 0.1) is 6.42 Å². The topological polar surface area (TPSA) is 40.6 Å². The molecule has 0 aliphatic carbocycles. The van der Waals surface area contributed by atoms with E-state index in [0.717, 1.165) is 24.9 Å². The molecule has 1 aromatic carbocycles. The summed E-state index contributed by atoms with van der Waals surface area (Å²) in [5.74, 6) is 0.0906. The standard InChI is InChI=1S/C16H19ClN2O2/c1-11-16(21)18-7-3-6-14(18)10-19(11)15(20)9-12-4-2-5-13(17)8-12/h2,4-5,8,11,14H,3,6-7,9-10H2,1H3/t11-,14-/m1/s1. The van der Waals surface area contributed by atoms with E-state index in [9.17, 15) is 9.59 Å². The van der Waals surface area contributed by atoms with Gasteiger partial charge in [-0.2, -0.15) is 0 Å². The van der Waals surface area contributed by atoms with Crippen molar-refractivity contribution >= 4 is 23.4 Å². The highest BCUT2D eigenvalue weighted by atomic mass is 35.5. The zero-order valence-corrected chi connectivity index (χ0v) is 12.8. The van der Waals surface area contributed by atoms with E-state index in [1.54, 1.807) is 17.0 Å². The third kappa shape index (κ3) is 2.77. The van der Waals surface area contributed by atoms with Crippen LogP contribution in [0.1, 0.15) is 25.3 Å². The van der Waals surface area contributed by atoms with E-state index < -0.39 is 0 Å². The molecule has 0 saturated carbocycles. The fourth-order valence-corrected chi connectivity index (χ4v) is 3.53. The SMILES string of the molecule is C[C@@H]1C(=O)N2CCC[C@@H]2CN1C(=O)Cc1cccc(Cl)c1. The normalized spacial score (nSPS) is 25.1. The lowest BCUT2D eigenvalue weighted by atomic mass is 10.0. The summed E-state index contributed by atoms with van der Waals surface area (Å²) in [5, 5.41) is 0.630. The molecule has 4 nitrogen and oxygen atoms in total. The molecule has 3 rings (SSSR count). The van der Waals surface area contributed by atoms with Crippen LogP contribution in [0.3, 0.4) is 0 Å². The van der Waals surface area contributed by atoms with E-state index in [1.165, 1.54) is 0 Å². The van der Waals surface area contributed by atoms with Gasteiger partial charge in [-0.3, -0.25) is 9.59 Å². The number of rotatable bonds is 2. The van der Waals surface area contributed by atoms with Crippen LogP contribution in [0, 0.1) is 0 Å². The van der Waals surface area contributed by atoms with Crippen molar-refractivity contribution in [3.8, 4) is 0 Å². The molecule has 0 radical (unpaired) electrons. The van der Waals surface area contributed by atoms with Gasteiger partial charge in [0, 0.05) is 24.2 Å². The summed E-state index contributed by atoms with van der Waals surface area (Å²) >= 11 is 5.95. The van der Waals surface area contributed by atoms with Crippen LogP contribution in [-0.4, -0.2) is 46.8 Å². The van der Waals surface area contributed by atoms with Gasteiger partial charge in [-0.1, -0.05) is 23.7 Å². The van der Waals surface area contributed by atoms with Gasteiger partial charge < -0.3 is 9.80 Å². The lowest BCUT2D eigenvalue weighted by Gasteiger charge is -2.41. The third-order valence-electron chi connectivity index (χ3n) is 4.46. The van der Waals surface area contributed by atoms with Gasteiger partial charge in [0.25, 0.3) is 0 Å². The van der Waals surface area contributed by atoms with Crippen LogP contribution in [0.4, 0.5) is 0 Å². The Kier molecular flexibility index (Phi) is 3.89. The summed E-state index contributed by atoms with van der Waals surface area (Å²) in [7, 11) is 0. The number of carbonyl (C=O) groups excluding carboxylic acids is 2. The van der Waals surface area contributed by atoms with Gasteiger partial charge >= 0.3 is 0 Å². The maximum atomic E-state index is 12.5. The fraction of sp³-hybridized carbons (Fsp3) is 0.500. The average Bonchev–Trinajstić information content (AvgIpc) is 2.91. The highest BCUT2D eigenvalue weighted by Crippen LogP contribution is 2.26. The molecule has 2 fully saturated rings. The summed E-state index contributed by atoms with van der Waals surface area (Å²) in [6.07, 6.45) is 2.34. The molecular weight excluding hydrogens is 288 g/mol. The molecule has 1 aromatic rings. The second-order valence-corrected chi connectivity index (χ2v) is 6.29. The molecule has 0 spiro atoms. The molecule has 2 aliphatic rings. The zero-order valence-electron chi connectivity index (χ0n) is 12.1. The van der Waals surface area contributed by atoms with E-state index in [4.69, 9.17) is 11.6 Å². The molecule has 0 N–H and O–H groups in total. The largest absolute Gasteiger partial charge is 0.336 e. The van der Waals surface area contributed by atoms with Crippen LogP contribution in [0.15, 0.2) is 24.3 Å². The number of nitrogens with zero attached hydrogens (tertiary/aromatic N) is 2. The number of fused-ring (bicyclic) bond motifs is 1. The quantitative estimate of drug-likeness (QED) is 0.839.